The van der Waals surface area contributed by atoms with E-state index < -0.39 is 0 Å². The number of tetrazole rings is 1. The molecule has 21 heavy (non-hydrogen) atoms. The Hall–Kier alpha value is -2.55. The Morgan fingerprint density at radius 2 is 2.43 bits per heavy atom. The first-order chi connectivity index (χ1) is 10.2. The van der Waals surface area contributed by atoms with Crippen LogP contribution >= 0.6 is 11.3 Å². The lowest BCUT2D eigenvalue weighted by Gasteiger charge is -1.99. The maximum absolute atomic E-state index is 11.9. The summed E-state index contributed by atoms with van der Waals surface area (Å²) >= 11 is 1.56. The number of rotatable bonds is 5. The topological polar surface area (TPSA) is 101 Å². The molecule has 0 aromatic carbocycles. The van der Waals surface area contributed by atoms with Crippen LogP contribution in [0, 0.1) is 0 Å². The van der Waals surface area contributed by atoms with Gasteiger partial charge in [-0.2, -0.15) is 21.2 Å². The van der Waals surface area contributed by atoms with Crippen molar-refractivity contribution in [2.24, 2.45) is 0 Å². The number of anilines is 1. The molecule has 0 fully saturated rings. The Kier molecular flexibility index (Phi) is 3.73. The number of aryl methyl sites for hydroxylation is 1. The molecule has 0 aliphatic heterocycles. The lowest BCUT2D eigenvalue weighted by molar-refractivity contribution is -0.117. The molecule has 2 N–H and O–H groups in total. The molecule has 9 heteroatoms. The Balaban J connectivity index is 1.62. The average Bonchev–Trinajstić information content (AvgIpc) is 3.19. The van der Waals surface area contributed by atoms with Crippen LogP contribution in [-0.2, 0) is 17.8 Å². The zero-order valence-corrected chi connectivity index (χ0v) is 12.1. The van der Waals surface area contributed by atoms with Crippen molar-refractivity contribution in [1.29, 1.82) is 0 Å². The van der Waals surface area contributed by atoms with Crippen LogP contribution < -0.4 is 5.32 Å². The Labute approximate surface area is 124 Å². The van der Waals surface area contributed by atoms with Crippen molar-refractivity contribution in [2.75, 3.05) is 5.32 Å². The standard InChI is InChI=1S/C12H13N7OS/c1-2-9-5-10(15-14-9)13-11(20)6-19-17-12(16-18-19)8-3-4-21-7-8/h3-5,7H,2,6H2,1H3,(H2,13,14,15,20). The van der Waals surface area contributed by atoms with Gasteiger partial charge in [0.15, 0.2) is 5.82 Å². The van der Waals surface area contributed by atoms with E-state index in [4.69, 9.17) is 0 Å². The number of thiophene rings is 1. The molecular formula is C12H13N7OS. The molecule has 3 aromatic rings. The number of H-pyrrole nitrogens is 1. The number of carbonyl (C=O) groups excluding carboxylic acids is 1. The lowest BCUT2D eigenvalue weighted by atomic mass is 10.3. The minimum absolute atomic E-state index is 0.00848. The summed E-state index contributed by atoms with van der Waals surface area (Å²) in [6.07, 6.45) is 0.831. The number of aromatic amines is 1. The highest BCUT2D eigenvalue weighted by Crippen LogP contribution is 2.16. The predicted octanol–water partition coefficient (Wildman–Crippen LogP) is 1.33. The van der Waals surface area contributed by atoms with Crippen LogP contribution in [0.1, 0.15) is 12.6 Å². The molecule has 0 spiro atoms. The summed E-state index contributed by atoms with van der Waals surface area (Å²) in [7, 11) is 0. The fourth-order valence-electron chi connectivity index (χ4n) is 1.74. The van der Waals surface area contributed by atoms with E-state index in [0.29, 0.717) is 11.6 Å². The second kappa shape index (κ2) is 5.83. The third kappa shape index (κ3) is 3.14. The number of amides is 1. The van der Waals surface area contributed by atoms with E-state index >= 15 is 0 Å². The monoisotopic (exact) mass is 303 g/mol. The van der Waals surface area contributed by atoms with Crippen LogP contribution in [0.15, 0.2) is 22.9 Å². The van der Waals surface area contributed by atoms with E-state index in [2.05, 4.69) is 30.9 Å². The first-order valence-electron chi connectivity index (χ1n) is 6.39. The highest BCUT2D eigenvalue weighted by Gasteiger charge is 2.10. The first kappa shape index (κ1) is 13.4. The van der Waals surface area contributed by atoms with Crippen LogP contribution in [0.2, 0.25) is 0 Å². The van der Waals surface area contributed by atoms with Crippen molar-refractivity contribution >= 4 is 23.1 Å². The van der Waals surface area contributed by atoms with Gasteiger partial charge in [0.05, 0.1) is 0 Å². The van der Waals surface area contributed by atoms with Crippen LogP contribution in [0.25, 0.3) is 11.4 Å². The molecule has 108 valence electrons. The molecule has 0 atom stereocenters. The van der Waals surface area contributed by atoms with Gasteiger partial charge in [-0.25, -0.2) is 0 Å². The van der Waals surface area contributed by atoms with Crippen LogP contribution in [0.4, 0.5) is 5.82 Å². The zero-order valence-electron chi connectivity index (χ0n) is 11.3. The number of nitrogens with one attached hydrogen (secondary N) is 2. The summed E-state index contributed by atoms with van der Waals surface area (Å²) in [5.41, 5.74) is 1.86. The quantitative estimate of drug-likeness (QED) is 0.740. The van der Waals surface area contributed by atoms with Crippen molar-refractivity contribution < 1.29 is 4.79 Å². The molecule has 1 amide bonds. The molecule has 0 saturated carbocycles. The molecule has 0 unspecified atom stereocenters. The number of nitrogens with zero attached hydrogens (tertiary/aromatic N) is 5. The van der Waals surface area contributed by atoms with Gasteiger partial charge in [0.1, 0.15) is 6.54 Å². The van der Waals surface area contributed by atoms with Crippen LogP contribution in [0.5, 0.6) is 0 Å². The SMILES string of the molecule is CCc1cc(NC(=O)Cn2nnc(-c3ccsc3)n2)n[nH]1. The van der Waals surface area contributed by atoms with E-state index in [1.54, 1.807) is 17.4 Å². The van der Waals surface area contributed by atoms with Crippen LogP contribution in [-0.4, -0.2) is 36.3 Å². The minimum atomic E-state index is -0.251. The van der Waals surface area contributed by atoms with Gasteiger partial charge in [-0.1, -0.05) is 6.92 Å². The Morgan fingerprint density at radius 1 is 1.52 bits per heavy atom. The van der Waals surface area contributed by atoms with Gasteiger partial charge in [0, 0.05) is 22.7 Å². The first-order valence-corrected chi connectivity index (χ1v) is 7.33. The summed E-state index contributed by atoms with van der Waals surface area (Å²) in [5, 5.41) is 25.3. The van der Waals surface area contributed by atoms with Gasteiger partial charge in [-0.15, -0.1) is 10.2 Å². The summed E-state index contributed by atoms with van der Waals surface area (Å²) in [4.78, 5) is 13.1. The number of hydrogen-bond acceptors (Lipinski definition) is 6. The van der Waals surface area contributed by atoms with Crippen molar-refractivity contribution in [1.82, 2.24) is 30.4 Å². The normalized spacial score (nSPS) is 10.7. The summed E-state index contributed by atoms with van der Waals surface area (Å²) in [6, 6.07) is 3.70. The molecule has 3 rings (SSSR count). The predicted molar refractivity (Wildman–Crippen MR) is 77.7 cm³/mol. The third-order valence-electron chi connectivity index (χ3n) is 2.80. The maximum Gasteiger partial charge on any atom is 0.249 e. The molecular weight excluding hydrogens is 290 g/mol. The maximum atomic E-state index is 11.9. The third-order valence-corrected chi connectivity index (χ3v) is 3.48. The summed E-state index contributed by atoms with van der Waals surface area (Å²) in [5.74, 6) is 0.755. The summed E-state index contributed by atoms with van der Waals surface area (Å²) < 4.78 is 0. The fraction of sp³-hybridized carbons (Fsp3) is 0.250. The number of hydrogen-bond donors (Lipinski definition) is 2. The molecule has 0 saturated heterocycles. The summed E-state index contributed by atoms with van der Waals surface area (Å²) in [6.45, 7) is 2.00. The van der Waals surface area contributed by atoms with E-state index in [-0.39, 0.29) is 12.5 Å². The molecule has 0 aliphatic carbocycles. The van der Waals surface area contributed by atoms with Crippen molar-refractivity contribution in [2.45, 2.75) is 19.9 Å². The number of carbonyl (C=O) groups is 1. The number of aromatic nitrogens is 6. The van der Waals surface area contributed by atoms with Gasteiger partial charge >= 0.3 is 0 Å². The highest BCUT2D eigenvalue weighted by molar-refractivity contribution is 7.08. The Bertz CT molecular complexity index is 730. The largest absolute Gasteiger partial charge is 0.308 e. The van der Waals surface area contributed by atoms with E-state index in [0.717, 1.165) is 17.7 Å². The highest BCUT2D eigenvalue weighted by atomic mass is 32.1. The van der Waals surface area contributed by atoms with Crippen molar-refractivity contribution in [3.8, 4) is 11.4 Å². The lowest BCUT2D eigenvalue weighted by Crippen LogP contribution is -2.20. The molecule has 8 nitrogen and oxygen atoms in total. The van der Waals surface area contributed by atoms with Gasteiger partial charge < -0.3 is 5.32 Å². The minimum Gasteiger partial charge on any atom is -0.308 e. The van der Waals surface area contributed by atoms with Gasteiger partial charge in [-0.05, 0) is 23.1 Å². The smallest absolute Gasteiger partial charge is 0.249 e. The molecule has 3 heterocycles. The van der Waals surface area contributed by atoms with Crippen LogP contribution in [0.3, 0.4) is 0 Å². The molecule has 0 bridgehead atoms. The molecule has 3 aromatic heterocycles. The van der Waals surface area contributed by atoms with Gasteiger partial charge in [0.25, 0.3) is 0 Å². The van der Waals surface area contributed by atoms with Crippen molar-refractivity contribution in [3.63, 3.8) is 0 Å². The second-order valence-electron chi connectivity index (χ2n) is 4.34. The van der Waals surface area contributed by atoms with E-state index in [1.165, 1.54) is 4.80 Å². The molecule has 0 radical (unpaired) electrons. The van der Waals surface area contributed by atoms with Crippen molar-refractivity contribution in [3.05, 3.63) is 28.6 Å². The average molecular weight is 303 g/mol. The second-order valence-corrected chi connectivity index (χ2v) is 5.12. The zero-order chi connectivity index (χ0) is 14.7. The van der Waals surface area contributed by atoms with E-state index in [9.17, 15) is 4.79 Å². The fourth-order valence-corrected chi connectivity index (χ4v) is 2.37. The van der Waals surface area contributed by atoms with E-state index in [1.807, 2.05) is 23.8 Å². The Morgan fingerprint density at radius 3 is 3.14 bits per heavy atom. The van der Waals surface area contributed by atoms with Gasteiger partial charge in [-0.3, -0.25) is 9.89 Å². The van der Waals surface area contributed by atoms with Gasteiger partial charge in [0.2, 0.25) is 11.7 Å². The molecule has 0 aliphatic rings.